The van der Waals surface area contributed by atoms with Crippen molar-refractivity contribution in [3.8, 4) is 10.7 Å². The summed E-state index contributed by atoms with van der Waals surface area (Å²) in [5.74, 6) is -0.486. The molecule has 0 aliphatic carbocycles. The Kier molecular flexibility index (Phi) is 8.06. The summed E-state index contributed by atoms with van der Waals surface area (Å²) in [5.41, 5.74) is 0.300. The number of hydrogen-bond donors (Lipinski definition) is 2. The number of fused-ring (bicyclic) bond motifs is 1. The van der Waals surface area contributed by atoms with Gasteiger partial charge in [-0.2, -0.15) is 10.1 Å². The number of nitrogens with one attached hydrogen (secondary N) is 2. The lowest BCUT2D eigenvalue weighted by molar-refractivity contribution is 0.0507. The molecular formula is C27H31F4N7O2S. The van der Waals surface area contributed by atoms with Gasteiger partial charge in [0.05, 0.1) is 45.2 Å². The molecule has 9 nitrogen and oxygen atoms in total. The van der Waals surface area contributed by atoms with Gasteiger partial charge in [0, 0.05) is 30.2 Å². The van der Waals surface area contributed by atoms with E-state index in [1.165, 1.54) is 6.20 Å². The molecule has 1 aromatic carbocycles. The molecular weight excluding hydrogens is 562 g/mol. The molecule has 220 valence electrons. The summed E-state index contributed by atoms with van der Waals surface area (Å²) < 4.78 is 64.5. The predicted molar refractivity (Wildman–Crippen MR) is 148 cm³/mol. The highest BCUT2D eigenvalue weighted by Crippen LogP contribution is 2.46. The van der Waals surface area contributed by atoms with E-state index < -0.39 is 30.7 Å². The fourth-order valence-corrected chi connectivity index (χ4v) is 5.96. The minimum Gasteiger partial charge on any atom is -0.378 e. The second-order valence-electron chi connectivity index (χ2n) is 11.1. The zero-order valence-corrected chi connectivity index (χ0v) is 23.8. The van der Waals surface area contributed by atoms with Crippen molar-refractivity contribution in [2.24, 2.45) is 0 Å². The van der Waals surface area contributed by atoms with Crippen molar-refractivity contribution in [3.05, 3.63) is 47.6 Å². The summed E-state index contributed by atoms with van der Waals surface area (Å²) in [6.07, 6.45) is -3.41. The first-order chi connectivity index (χ1) is 19.4. The Hall–Kier alpha value is -3.52. The third kappa shape index (κ3) is 6.08. The van der Waals surface area contributed by atoms with Crippen molar-refractivity contribution in [3.63, 3.8) is 0 Å². The summed E-state index contributed by atoms with van der Waals surface area (Å²) in [5, 5.41) is 14.2. The Bertz CT molecular complexity index is 1530. The van der Waals surface area contributed by atoms with Crippen LogP contribution in [-0.4, -0.2) is 69.5 Å². The summed E-state index contributed by atoms with van der Waals surface area (Å²) >= 11 is 1.03. The van der Waals surface area contributed by atoms with Crippen LogP contribution < -0.4 is 10.6 Å². The van der Waals surface area contributed by atoms with Crippen molar-refractivity contribution in [1.29, 1.82) is 0 Å². The van der Waals surface area contributed by atoms with E-state index >= 15 is 4.39 Å². The van der Waals surface area contributed by atoms with Crippen LogP contribution in [0.15, 0.2) is 35.1 Å². The number of nitrogens with zero attached hydrogens (tertiary/aromatic N) is 5. The fourth-order valence-electron chi connectivity index (χ4n) is 4.72. The molecule has 41 heavy (non-hydrogen) atoms. The number of piperidine rings is 1. The minimum absolute atomic E-state index is 0.0115. The Balaban J connectivity index is 1.41. The number of amides is 1. The lowest BCUT2D eigenvalue weighted by Gasteiger charge is -2.33. The molecule has 3 aromatic heterocycles. The number of carbonyl (C=O) groups is 1. The predicted octanol–water partition coefficient (Wildman–Crippen LogP) is 5.56. The van der Waals surface area contributed by atoms with E-state index in [0.717, 1.165) is 11.3 Å². The van der Waals surface area contributed by atoms with E-state index in [-0.39, 0.29) is 46.2 Å². The van der Waals surface area contributed by atoms with Gasteiger partial charge in [0.2, 0.25) is 11.7 Å². The zero-order valence-electron chi connectivity index (χ0n) is 23.0. The largest absolute Gasteiger partial charge is 0.378 e. The maximum absolute atomic E-state index is 15.0. The van der Waals surface area contributed by atoms with Gasteiger partial charge >= 0.3 is 0 Å². The molecule has 5 rings (SSSR count). The molecule has 0 radical (unpaired) electrons. The van der Waals surface area contributed by atoms with Gasteiger partial charge in [-0.25, -0.2) is 17.6 Å². The first-order valence-electron chi connectivity index (χ1n) is 13.2. The number of likely N-dealkylation sites (tertiary alicyclic amines) is 1. The highest BCUT2D eigenvalue weighted by molar-refractivity contribution is 7.23. The molecule has 1 aliphatic heterocycles. The number of aromatic nitrogens is 4. The van der Waals surface area contributed by atoms with Crippen molar-refractivity contribution in [2.75, 3.05) is 25.5 Å². The number of rotatable bonds is 8. The highest BCUT2D eigenvalue weighted by Gasteiger charge is 2.33. The number of thiophene rings is 1. The van der Waals surface area contributed by atoms with Gasteiger partial charge in [-0.1, -0.05) is 17.3 Å². The van der Waals surface area contributed by atoms with E-state index in [2.05, 4.69) is 25.9 Å². The Labute approximate surface area is 237 Å². The van der Waals surface area contributed by atoms with Crippen LogP contribution in [-0.2, 0) is 12.1 Å². The fraction of sp³-hybridized carbons (Fsp3) is 0.481. The second kappa shape index (κ2) is 11.4. The van der Waals surface area contributed by atoms with Gasteiger partial charge in [-0.15, -0.1) is 11.3 Å². The van der Waals surface area contributed by atoms with Crippen LogP contribution in [0.4, 0.5) is 23.2 Å². The van der Waals surface area contributed by atoms with E-state index in [1.54, 1.807) is 29.1 Å². The quantitative estimate of drug-likeness (QED) is 0.258. The molecule has 1 fully saturated rings. The number of anilines is 1. The molecule has 3 atom stereocenters. The van der Waals surface area contributed by atoms with Gasteiger partial charge in [-0.3, -0.25) is 9.48 Å². The van der Waals surface area contributed by atoms with Crippen LogP contribution in [0.5, 0.6) is 0 Å². The third-order valence-corrected chi connectivity index (χ3v) is 8.19. The number of carbonyl (C=O) groups excluding carboxylic acids is 1. The van der Waals surface area contributed by atoms with Gasteiger partial charge < -0.3 is 20.1 Å². The summed E-state index contributed by atoms with van der Waals surface area (Å²) in [7, 11) is 1.85. The molecule has 3 unspecified atom stereocenters. The van der Waals surface area contributed by atoms with Crippen molar-refractivity contribution >= 4 is 33.0 Å². The zero-order chi connectivity index (χ0) is 29.5. The molecule has 0 saturated carbocycles. The van der Waals surface area contributed by atoms with Gasteiger partial charge in [0.15, 0.2) is 6.17 Å². The lowest BCUT2D eigenvalue weighted by atomic mass is 10.0. The summed E-state index contributed by atoms with van der Waals surface area (Å²) in [6.45, 7) is 6.69. The molecule has 0 spiro atoms. The standard InChI is InChI=1S/C27H31F4N7O2S/c1-27(2,3)38-12-14(10-33-38)26(39)32-11-19-35-25(36-40-19)23-20(21(29)24(30)31)15-6-5-7-18(22(15)41-23)34-17-8-9-37(4)13-16(17)28/h5-7,10,12,16-17,21,24,34H,8-9,11,13H2,1-4H3,(H,32,39). The van der Waals surface area contributed by atoms with Crippen LogP contribution in [0.3, 0.4) is 0 Å². The van der Waals surface area contributed by atoms with E-state index in [0.29, 0.717) is 28.9 Å². The molecule has 2 N–H and O–H groups in total. The van der Waals surface area contributed by atoms with Crippen LogP contribution in [0.25, 0.3) is 20.8 Å². The van der Waals surface area contributed by atoms with Crippen LogP contribution in [0, 0.1) is 0 Å². The van der Waals surface area contributed by atoms with Gasteiger partial charge in [-0.05, 0) is 40.3 Å². The van der Waals surface area contributed by atoms with E-state index in [9.17, 15) is 18.0 Å². The number of halogens is 4. The SMILES string of the molecule is CN1CCC(Nc2cccc3c(C(F)C(F)F)c(-c4noc(CNC(=O)c5cnn(C(C)(C)C)c5)n4)sc23)C(F)C1. The van der Waals surface area contributed by atoms with E-state index in [4.69, 9.17) is 4.52 Å². The monoisotopic (exact) mass is 593 g/mol. The minimum atomic E-state index is -3.29. The van der Waals surface area contributed by atoms with Gasteiger partial charge in [0.25, 0.3) is 12.3 Å². The van der Waals surface area contributed by atoms with Gasteiger partial charge in [0.1, 0.15) is 6.17 Å². The smallest absolute Gasteiger partial charge is 0.273 e. The Morgan fingerprint density at radius 1 is 1.27 bits per heavy atom. The van der Waals surface area contributed by atoms with E-state index in [1.807, 2.05) is 32.7 Å². The summed E-state index contributed by atoms with van der Waals surface area (Å²) in [6, 6.07) is 4.40. The normalized spacial score (nSPS) is 19.1. The Morgan fingerprint density at radius 3 is 2.73 bits per heavy atom. The van der Waals surface area contributed by atoms with Crippen molar-refractivity contribution in [2.45, 2.75) is 64.1 Å². The lowest BCUT2D eigenvalue weighted by Crippen LogP contribution is -2.46. The average Bonchev–Trinajstić information content (AvgIpc) is 3.66. The molecule has 1 aliphatic rings. The first kappa shape index (κ1) is 29.0. The topological polar surface area (TPSA) is 101 Å². The second-order valence-corrected chi connectivity index (χ2v) is 12.1. The van der Waals surface area contributed by atoms with Crippen molar-refractivity contribution in [1.82, 2.24) is 30.1 Å². The molecule has 4 heterocycles. The van der Waals surface area contributed by atoms with Crippen LogP contribution in [0.1, 0.15) is 55.2 Å². The van der Waals surface area contributed by atoms with Crippen LogP contribution in [0.2, 0.25) is 0 Å². The average molecular weight is 594 g/mol. The number of hydrogen-bond acceptors (Lipinski definition) is 8. The third-order valence-electron chi connectivity index (χ3n) is 6.94. The number of benzene rings is 1. The molecule has 14 heteroatoms. The molecule has 1 amide bonds. The molecule has 1 saturated heterocycles. The number of alkyl halides is 4. The maximum Gasteiger partial charge on any atom is 0.273 e. The maximum atomic E-state index is 15.0. The van der Waals surface area contributed by atoms with Crippen LogP contribution >= 0.6 is 11.3 Å². The van der Waals surface area contributed by atoms with Crippen molar-refractivity contribution < 1.29 is 26.9 Å². The Morgan fingerprint density at radius 2 is 2.05 bits per heavy atom. The molecule has 4 aromatic rings. The first-order valence-corrected chi connectivity index (χ1v) is 14.0. The molecule has 0 bridgehead atoms. The highest BCUT2D eigenvalue weighted by atomic mass is 32.1. The summed E-state index contributed by atoms with van der Waals surface area (Å²) in [4.78, 5) is 18.8.